The highest BCUT2D eigenvalue weighted by Gasteiger charge is 2.25. The molecule has 36 heavy (non-hydrogen) atoms. The third kappa shape index (κ3) is 5.50. The van der Waals surface area contributed by atoms with Gasteiger partial charge in [-0.3, -0.25) is 9.52 Å². The Kier molecular flexibility index (Phi) is 7.27. The first-order chi connectivity index (χ1) is 17.2. The number of nitrogens with one attached hydrogen (secondary N) is 3. The molecule has 0 aliphatic heterocycles. The van der Waals surface area contributed by atoms with Gasteiger partial charge < -0.3 is 15.0 Å². The van der Waals surface area contributed by atoms with Crippen LogP contribution >= 0.6 is 11.6 Å². The van der Waals surface area contributed by atoms with E-state index in [9.17, 15) is 22.4 Å². The van der Waals surface area contributed by atoms with Gasteiger partial charge in [0.15, 0.2) is 0 Å². The third-order valence-electron chi connectivity index (χ3n) is 5.49. The molecule has 1 aromatic heterocycles. The fraction of sp³-hybridized carbons (Fsp3) is 0.120. The van der Waals surface area contributed by atoms with Crippen LogP contribution in [0.1, 0.15) is 15.9 Å². The van der Waals surface area contributed by atoms with Crippen LogP contribution in [0.25, 0.3) is 10.9 Å². The Balaban J connectivity index is 1.56. The number of carbonyl (C=O) groups excluding carboxylic acids is 2. The number of sulfonamides is 1. The lowest BCUT2D eigenvalue weighted by Crippen LogP contribution is -2.43. The Morgan fingerprint density at radius 2 is 1.81 bits per heavy atom. The Morgan fingerprint density at radius 3 is 2.53 bits per heavy atom. The summed E-state index contributed by atoms with van der Waals surface area (Å²) in [5.41, 5.74) is 1.70. The van der Waals surface area contributed by atoms with Crippen molar-refractivity contribution >= 4 is 50.1 Å². The van der Waals surface area contributed by atoms with E-state index in [-0.39, 0.29) is 27.6 Å². The number of para-hydroxylation sites is 1. The molecule has 4 rings (SSSR count). The first kappa shape index (κ1) is 25.2. The molecule has 0 fully saturated rings. The molecule has 0 radical (unpaired) electrons. The molecule has 0 bridgehead atoms. The van der Waals surface area contributed by atoms with Crippen molar-refractivity contribution in [3.63, 3.8) is 0 Å². The zero-order valence-corrected chi connectivity index (χ0v) is 20.5. The standard InChI is InChI=1S/C25H21ClFN3O5S/c1-35-25(32)23(13-16-14-28-21-5-3-2-4-19(16)21)29-24(31)15-6-11-20(26)22(12-15)30-36(33,34)18-9-7-17(27)8-10-18/h2-12,14,23,28,30H,13H2,1H3,(H,29,31). The molecule has 0 aliphatic rings. The maximum Gasteiger partial charge on any atom is 0.328 e. The highest BCUT2D eigenvalue weighted by atomic mass is 35.5. The van der Waals surface area contributed by atoms with E-state index in [0.717, 1.165) is 40.7 Å². The van der Waals surface area contributed by atoms with Gasteiger partial charge in [-0.25, -0.2) is 17.6 Å². The first-order valence-corrected chi connectivity index (χ1v) is 12.6. The van der Waals surface area contributed by atoms with Crippen LogP contribution < -0.4 is 10.0 Å². The lowest BCUT2D eigenvalue weighted by Gasteiger charge is -2.17. The summed E-state index contributed by atoms with van der Waals surface area (Å²) in [4.78, 5) is 28.4. The van der Waals surface area contributed by atoms with E-state index in [1.807, 2.05) is 24.3 Å². The minimum Gasteiger partial charge on any atom is -0.467 e. The average Bonchev–Trinajstić information content (AvgIpc) is 3.27. The lowest BCUT2D eigenvalue weighted by molar-refractivity contribution is -0.142. The SMILES string of the molecule is COC(=O)C(Cc1c[nH]c2ccccc12)NC(=O)c1ccc(Cl)c(NS(=O)(=O)c2ccc(F)cc2)c1. The van der Waals surface area contributed by atoms with Gasteiger partial charge in [-0.2, -0.15) is 0 Å². The van der Waals surface area contributed by atoms with Gasteiger partial charge >= 0.3 is 5.97 Å². The average molecular weight is 530 g/mol. The number of halogens is 2. The number of hydrogen-bond acceptors (Lipinski definition) is 5. The fourth-order valence-corrected chi connectivity index (χ4v) is 4.95. The highest BCUT2D eigenvalue weighted by molar-refractivity contribution is 7.92. The minimum absolute atomic E-state index is 0.0422. The van der Waals surface area contributed by atoms with Gasteiger partial charge in [-0.1, -0.05) is 29.8 Å². The van der Waals surface area contributed by atoms with Gasteiger partial charge in [0, 0.05) is 29.1 Å². The number of benzene rings is 3. The monoisotopic (exact) mass is 529 g/mol. The van der Waals surface area contributed by atoms with Gasteiger partial charge in [0.1, 0.15) is 11.9 Å². The second kappa shape index (κ2) is 10.4. The zero-order chi connectivity index (χ0) is 25.9. The van der Waals surface area contributed by atoms with Crippen LogP contribution in [0.3, 0.4) is 0 Å². The summed E-state index contributed by atoms with van der Waals surface area (Å²) in [5, 5.41) is 3.59. The molecule has 1 heterocycles. The molecule has 3 aromatic carbocycles. The number of anilines is 1. The number of methoxy groups -OCH3 is 1. The Labute approximate surface area is 211 Å². The maximum atomic E-state index is 13.2. The predicted octanol–water partition coefficient (Wildman–Crippen LogP) is 4.28. The lowest BCUT2D eigenvalue weighted by atomic mass is 10.0. The molecule has 1 unspecified atom stereocenters. The van der Waals surface area contributed by atoms with E-state index >= 15 is 0 Å². The van der Waals surface area contributed by atoms with Crippen LogP contribution in [0.5, 0.6) is 0 Å². The zero-order valence-electron chi connectivity index (χ0n) is 18.9. The van der Waals surface area contributed by atoms with E-state index < -0.39 is 33.8 Å². The number of ether oxygens (including phenoxy) is 1. The Bertz CT molecular complexity index is 1540. The summed E-state index contributed by atoms with van der Waals surface area (Å²) in [6.07, 6.45) is 1.93. The van der Waals surface area contributed by atoms with Crippen LogP contribution in [0, 0.1) is 5.82 Å². The molecule has 186 valence electrons. The maximum absolute atomic E-state index is 13.2. The number of carbonyl (C=O) groups is 2. The molecule has 3 N–H and O–H groups in total. The summed E-state index contributed by atoms with van der Waals surface area (Å²) in [6, 6.07) is 14.8. The van der Waals surface area contributed by atoms with Crippen molar-refractivity contribution in [3.05, 3.63) is 94.9 Å². The summed E-state index contributed by atoms with van der Waals surface area (Å²) >= 11 is 6.15. The van der Waals surface area contributed by atoms with Gasteiger partial charge in [0.2, 0.25) is 0 Å². The largest absolute Gasteiger partial charge is 0.467 e. The van der Waals surface area contributed by atoms with Crippen molar-refractivity contribution in [1.29, 1.82) is 0 Å². The van der Waals surface area contributed by atoms with Crippen LogP contribution in [0.2, 0.25) is 5.02 Å². The van der Waals surface area contributed by atoms with Gasteiger partial charge in [0.05, 0.1) is 22.7 Å². The van der Waals surface area contributed by atoms with Crippen molar-refractivity contribution in [2.75, 3.05) is 11.8 Å². The number of rotatable bonds is 8. The number of amides is 1. The second-order valence-electron chi connectivity index (χ2n) is 7.87. The molecule has 4 aromatic rings. The van der Waals surface area contributed by atoms with Crippen LogP contribution in [0.15, 0.2) is 77.8 Å². The Morgan fingerprint density at radius 1 is 1.08 bits per heavy atom. The molecule has 8 nitrogen and oxygen atoms in total. The molecule has 0 spiro atoms. The summed E-state index contributed by atoms with van der Waals surface area (Å²) in [7, 11) is -2.88. The minimum atomic E-state index is -4.10. The quantitative estimate of drug-likeness (QED) is 0.295. The van der Waals surface area contributed by atoms with Gasteiger partial charge in [-0.05, 0) is 54.1 Å². The third-order valence-corrected chi connectivity index (χ3v) is 7.20. The van der Waals surface area contributed by atoms with Crippen molar-refractivity contribution in [1.82, 2.24) is 10.3 Å². The molecule has 1 atom stereocenters. The topological polar surface area (TPSA) is 117 Å². The van der Waals surface area contributed by atoms with Crippen molar-refractivity contribution in [2.45, 2.75) is 17.4 Å². The van der Waals surface area contributed by atoms with Crippen LogP contribution in [0.4, 0.5) is 10.1 Å². The molecule has 0 aliphatic carbocycles. The molecule has 1 amide bonds. The smallest absolute Gasteiger partial charge is 0.328 e. The van der Waals surface area contributed by atoms with Crippen LogP contribution in [-0.4, -0.2) is 38.4 Å². The Hall–Kier alpha value is -3.89. The molecule has 0 saturated heterocycles. The number of hydrogen-bond donors (Lipinski definition) is 3. The number of fused-ring (bicyclic) bond motifs is 1. The van der Waals surface area contributed by atoms with E-state index in [0.29, 0.717) is 0 Å². The normalized spacial score (nSPS) is 12.2. The van der Waals surface area contributed by atoms with Gasteiger partial charge in [0.25, 0.3) is 15.9 Å². The van der Waals surface area contributed by atoms with E-state index in [4.69, 9.17) is 16.3 Å². The summed E-state index contributed by atoms with van der Waals surface area (Å²) in [5.74, 6) is -1.86. The number of aromatic amines is 1. The van der Waals surface area contributed by atoms with Crippen LogP contribution in [-0.2, 0) is 26.0 Å². The highest BCUT2D eigenvalue weighted by Crippen LogP contribution is 2.26. The number of esters is 1. The van der Waals surface area contributed by atoms with Crippen molar-refractivity contribution in [3.8, 4) is 0 Å². The molecular weight excluding hydrogens is 509 g/mol. The van der Waals surface area contributed by atoms with Crippen molar-refractivity contribution < 1.29 is 27.1 Å². The number of H-pyrrole nitrogens is 1. The van der Waals surface area contributed by atoms with E-state index in [1.54, 1.807) is 6.20 Å². The summed E-state index contributed by atoms with van der Waals surface area (Å²) in [6.45, 7) is 0. The fourth-order valence-electron chi connectivity index (χ4n) is 3.66. The molecule has 11 heteroatoms. The van der Waals surface area contributed by atoms with Crippen molar-refractivity contribution in [2.24, 2.45) is 0 Å². The summed E-state index contributed by atoms with van der Waals surface area (Å²) < 4.78 is 45.7. The second-order valence-corrected chi connectivity index (χ2v) is 9.96. The van der Waals surface area contributed by atoms with E-state index in [2.05, 4.69) is 15.0 Å². The van der Waals surface area contributed by atoms with E-state index in [1.165, 1.54) is 25.3 Å². The molecular formula is C25H21ClFN3O5S. The number of aromatic nitrogens is 1. The predicted molar refractivity (Wildman–Crippen MR) is 134 cm³/mol. The van der Waals surface area contributed by atoms with Gasteiger partial charge in [-0.15, -0.1) is 0 Å². The first-order valence-electron chi connectivity index (χ1n) is 10.7. The molecule has 0 saturated carbocycles.